The van der Waals surface area contributed by atoms with Crippen molar-refractivity contribution >= 4 is 27.2 Å². The molecule has 0 radical (unpaired) electrons. The molecule has 0 heterocycles. The Morgan fingerprint density at radius 1 is 1.00 bits per heavy atom. The maximum absolute atomic E-state index is 11.5. The molecule has 0 saturated carbocycles. The molecule has 0 spiro atoms. The largest absolute Gasteiger partial charge is 1.00 e. The molecular weight excluding hydrogens is 333 g/mol. The van der Waals surface area contributed by atoms with E-state index in [1.54, 1.807) is 0 Å². The summed E-state index contributed by atoms with van der Waals surface area (Å²) in [7, 11) is -3.95. The minimum atomic E-state index is -3.95. The van der Waals surface area contributed by atoms with Gasteiger partial charge >= 0.3 is 29.6 Å². The second-order valence-electron chi connectivity index (χ2n) is 5.23. The van der Waals surface area contributed by atoms with Crippen LogP contribution in [0.25, 0.3) is 0 Å². The van der Waals surface area contributed by atoms with Crippen LogP contribution in [0.15, 0.2) is 0 Å². The van der Waals surface area contributed by atoms with Gasteiger partial charge in [-0.2, -0.15) is 8.42 Å². The second kappa shape index (κ2) is 16.7. The number of hydrogen-bond acceptors (Lipinski definition) is 5. The molecule has 126 valence electrons. The van der Waals surface area contributed by atoms with E-state index in [4.69, 9.17) is 4.55 Å². The Balaban J connectivity index is 0. The Labute approximate surface area is 161 Å². The van der Waals surface area contributed by atoms with Crippen molar-refractivity contribution in [1.29, 1.82) is 0 Å². The molecule has 0 unspecified atom stereocenters. The average Bonchev–Trinajstić information content (AvgIpc) is 2.41. The first-order valence-electron chi connectivity index (χ1n) is 7.83. The van der Waals surface area contributed by atoms with Crippen LogP contribution in [-0.2, 0) is 14.9 Å². The van der Waals surface area contributed by atoms with Gasteiger partial charge in [-0.1, -0.05) is 58.3 Å². The third-order valence-corrected chi connectivity index (χ3v) is 4.63. The molecule has 0 amide bonds. The van der Waals surface area contributed by atoms with Gasteiger partial charge < -0.3 is 0 Å². The van der Waals surface area contributed by atoms with Crippen LogP contribution in [0, 0.1) is 0 Å². The summed E-state index contributed by atoms with van der Waals surface area (Å²) in [6.45, 7) is 2.29. The Morgan fingerprint density at radius 3 is 2.00 bits per heavy atom. The predicted molar refractivity (Wildman–Crippen MR) is 88.9 cm³/mol. The van der Waals surface area contributed by atoms with Crippen LogP contribution in [0.2, 0.25) is 0 Å². The van der Waals surface area contributed by atoms with Gasteiger partial charge in [0.2, 0.25) is 5.12 Å². The van der Waals surface area contributed by atoms with E-state index in [1.807, 2.05) is 0 Å². The summed E-state index contributed by atoms with van der Waals surface area (Å²) in [4.78, 5) is 11.5. The molecule has 0 atom stereocenters. The topological polar surface area (TPSA) is 83.5 Å². The SMILES string of the molecule is CCCCCCCCCCCC(=O)SNCCS(=O)(=O)O.[Na+]. The molecule has 0 aromatic carbocycles. The van der Waals surface area contributed by atoms with Crippen LogP contribution in [0.1, 0.15) is 71.1 Å². The molecule has 0 aliphatic rings. The summed E-state index contributed by atoms with van der Waals surface area (Å²) in [6, 6.07) is 0. The van der Waals surface area contributed by atoms with E-state index in [9.17, 15) is 13.2 Å². The number of unbranched alkanes of at least 4 members (excludes halogenated alkanes) is 8. The molecule has 2 N–H and O–H groups in total. The fourth-order valence-corrected chi connectivity index (χ4v) is 3.03. The normalized spacial score (nSPS) is 11.2. The predicted octanol–water partition coefficient (Wildman–Crippen LogP) is 0.564. The monoisotopic (exact) mass is 362 g/mol. The van der Waals surface area contributed by atoms with Gasteiger partial charge in [0.25, 0.3) is 10.1 Å². The summed E-state index contributed by atoms with van der Waals surface area (Å²) in [5, 5.41) is 0.0216. The Morgan fingerprint density at radius 2 is 1.50 bits per heavy atom. The zero-order valence-electron chi connectivity index (χ0n) is 14.0. The zero-order valence-corrected chi connectivity index (χ0v) is 17.6. The minimum Gasteiger partial charge on any atom is -0.286 e. The smallest absolute Gasteiger partial charge is 0.286 e. The Kier molecular flexibility index (Phi) is 19.1. The molecule has 0 rings (SSSR count). The van der Waals surface area contributed by atoms with E-state index < -0.39 is 10.1 Å². The molecule has 0 aromatic rings. The molecule has 0 fully saturated rings. The Bertz CT molecular complexity index is 364. The minimum absolute atomic E-state index is 0. The first kappa shape index (κ1) is 25.1. The quantitative estimate of drug-likeness (QED) is 0.203. The van der Waals surface area contributed by atoms with E-state index in [0.29, 0.717) is 6.42 Å². The van der Waals surface area contributed by atoms with Crippen LogP contribution < -0.4 is 34.3 Å². The number of nitrogens with one attached hydrogen (secondary N) is 1. The second-order valence-corrected chi connectivity index (χ2v) is 7.75. The zero-order chi connectivity index (χ0) is 16.0. The van der Waals surface area contributed by atoms with E-state index in [2.05, 4.69) is 11.6 Å². The molecule has 22 heavy (non-hydrogen) atoms. The van der Waals surface area contributed by atoms with Gasteiger partial charge in [0.15, 0.2) is 0 Å². The summed E-state index contributed by atoms with van der Waals surface area (Å²) < 4.78 is 32.1. The molecule has 0 aliphatic heterocycles. The van der Waals surface area contributed by atoms with Crippen LogP contribution in [0.4, 0.5) is 0 Å². The molecule has 0 aromatic heterocycles. The van der Waals surface area contributed by atoms with Gasteiger partial charge in [-0.3, -0.25) is 14.1 Å². The van der Waals surface area contributed by atoms with Gasteiger partial charge in [0.05, 0.1) is 5.75 Å². The van der Waals surface area contributed by atoms with Crippen molar-refractivity contribution < 1.29 is 47.3 Å². The third-order valence-electron chi connectivity index (χ3n) is 3.13. The fraction of sp³-hybridized carbons (Fsp3) is 0.929. The first-order valence-corrected chi connectivity index (χ1v) is 10.3. The summed E-state index contributed by atoms with van der Waals surface area (Å²) in [6.07, 6.45) is 11.5. The van der Waals surface area contributed by atoms with Gasteiger partial charge in [-0.05, 0) is 18.4 Å². The van der Waals surface area contributed by atoms with Crippen molar-refractivity contribution in [3.63, 3.8) is 0 Å². The molecule has 0 saturated heterocycles. The first-order chi connectivity index (χ1) is 9.95. The number of rotatable bonds is 14. The van der Waals surface area contributed by atoms with Crippen LogP contribution in [0.5, 0.6) is 0 Å². The van der Waals surface area contributed by atoms with Crippen molar-refractivity contribution in [2.45, 2.75) is 71.1 Å². The molecule has 0 aliphatic carbocycles. The molecule has 8 heteroatoms. The number of carbonyl (C=O) groups is 1. The molecular formula is C14H29NNaO4S2+. The third kappa shape index (κ3) is 20.9. The Hall–Kier alpha value is 0.890. The number of carbonyl (C=O) groups excluding carboxylic acids is 1. The van der Waals surface area contributed by atoms with Crippen LogP contribution >= 0.6 is 11.9 Å². The summed E-state index contributed by atoms with van der Waals surface area (Å²) >= 11 is 0.930. The van der Waals surface area contributed by atoms with E-state index in [0.717, 1.165) is 24.8 Å². The maximum Gasteiger partial charge on any atom is 1.00 e. The van der Waals surface area contributed by atoms with Crippen molar-refractivity contribution in [2.24, 2.45) is 0 Å². The number of hydrogen-bond donors (Lipinski definition) is 2. The average molecular weight is 363 g/mol. The molecule has 0 bridgehead atoms. The van der Waals surface area contributed by atoms with Gasteiger partial charge in [-0.25, -0.2) is 0 Å². The summed E-state index contributed by atoms with van der Waals surface area (Å²) in [5.41, 5.74) is 0. The van der Waals surface area contributed by atoms with Crippen molar-refractivity contribution in [3.05, 3.63) is 0 Å². The van der Waals surface area contributed by atoms with Gasteiger partial charge in [0.1, 0.15) is 0 Å². The van der Waals surface area contributed by atoms with Crippen molar-refractivity contribution in [2.75, 3.05) is 12.3 Å². The van der Waals surface area contributed by atoms with Crippen LogP contribution in [0.3, 0.4) is 0 Å². The van der Waals surface area contributed by atoms with E-state index in [-0.39, 0.29) is 47.0 Å². The van der Waals surface area contributed by atoms with Gasteiger partial charge in [-0.15, -0.1) is 0 Å². The fourth-order valence-electron chi connectivity index (χ4n) is 1.93. The maximum atomic E-state index is 11.5. The van der Waals surface area contributed by atoms with E-state index in [1.165, 1.54) is 44.9 Å². The van der Waals surface area contributed by atoms with Crippen molar-refractivity contribution in [3.8, 4) is 0 Å². The van der Waals surface area contributed by atoms with Gasteiger partial charge in [0, 0.05) is 13.0 Å². The van der Waals surface area contributed by atoms with Crippen molar-refractivity contribution in [1.82, 2.24) is 4.72 Å². The molecule has 5 nitrogen and oxygen atoms in total. The standard InChI is InChI=1S/C14H29NO4S2.Na/c1-2-3-4-5-6-7-8-9-10-11-14(16)20-15-12-13-21(17,18)19;/h15H,2-13H2,1H3,(H,17,18,19);/q;+1. The van der Waals surface area contributed by atoms with E-state index >= 15 is 0 Å². The summed E-state index contributed by atoms with van der Waals surface area (Å²) in [5.74, 6) is -0.370. The van der Waals surface area contributed by atoms with Crippen LogP contribution in [-0.4, -0.2) is 30.4 Å².